The summed E-state index contributed by atoms with van der Waals surface area (Å²) >= 11 is 0. The Hall–Kier alpha value is -1.78. The van der Waals surface area contributed by atoms with E-state index in [2.05, 4.69) is 34.5 Å². The number of hydrogen-bond acceptors (Lipinski definition) is 3. The van der Waals surface area contributed by atoms with Crippen molar-refractivity contribution in [3.8, 4) is 5.88 Å². The molecule has 0 spiro atoms. The molecule has 0 amide bonds. The molecule has 1 heterocycles. The molecular formula is C16H28N4O. The molecule has 0 unspecified atom stereocenters. The molecule has 0 aliphatic rings. The van der Waals surface area contributed by atoms with Crippen molar-refractivity contribution in [3.63, 3.8) is 0 Å². The van der Waals surface area contributed by atoms with E-state index in [1.165, 1.54) is 25.7 Å². The highest BCUT2D eigenvalue weighted by Crippen LogP contribution is 2.07. The molecule has 0 saturated heterocycles. The van der Waals surface area contributed by atoms with Crippen molar-refractivity contribution >= 4 is 5.96 Å². The van der Waals surface area contributed by atoms with Gasteiger partial charge in [0.15, 0.2) is 5.96 Å². The van der Waals surface area contributed by atoms with Crippen LogP contribution < -0.4 is 15.4 Å². The molecule has 2 N–H and O–H groups in total. The predicted molar refractivity (Wildman–Crippen MR) is 87.7 cm³/mol. The zero-order chi connectivity index (χ0) is 15.3. The molecule has 118 valence electrons. The van der Waals surface area contributed by atoms with Gasteiger partial charge in [-0.15, -0.1) is 0 Å². The minimum Gasteiger partial charge on any atom is -0.481 e. The maximum Gasteiger partial charge on any atom is 0.212 e. The summed E-state index contributed by atoms with van der Waals surface area (Å²) in [4.78, 5) is 8.76. The highest BCUT2D eigenvalue weighted by atomic mass is 16.5. The lowest BCUT2D eigenvalue weighted by atomic mass is 10.2. The Labute approximate surface area is 128 Å². The number of guanidine groups is 1. The molecule has 5 heteroatoms. The monoisotopic (exact) mass is 292 g/mol. The van der Waals surface area contributed by atoms with Crippen molar-refractivity contribution in [1.82, 2.24) is 15.6 Å². The minimum absolute atomic E-state index is 0.612. The van der Waals surface area contributed by atoms with Gasteiger partial charge in [0.05, 0.1) is 13.7 Å². The van der Waals surface area contributed by atoms with Crippen molar-refractivity contribution in [2.45, 2.75) is 46.1 Å². The molecule has 1 aromatic rings. The van der Waals surface area contributed by atoms with Crippen LogP contribution in [0.25, 0.3) is 0 Å². The molecule has 0 atom stereocenters. The van der Waals surface area contributed by atoms with Gasteiger partial charge in [-0.3, -0.25) is 0 Å². The smallest absolute Gasteiger partial charge is 0.212 e. The summed E-state index contributed by atoms with van der Waals surface area (Å²) in [5.41, 5.74) is 1.07. The van der Waals surface area contributed by atoms with Gasteiger partial charge < -0.3 is 15.4 Å². The third-order valence-electron chi connectivity index (χ3n) is 3.09. The number of aliphatic imine (C=N–C) groups is 1. The standard InChI is InChI=1S/C16H28N4O/c1-4-6-7-8-11-18-16(17-5-2)20-13-14-9-10-15(21-3)19-12-14/h9-10,12H,4-8,11,13H2,1-3H3,(H2,17,18,20). The number of ether oxygens (including phenoxy) is 1. The van der Waals surface area contributed by atoms with E-state index >= 15 is 0 Å². The van der Waals surface area contributed by atoms with Crippen molar-refractivity contribution < 1.29 is 4.74 Å². The SMILES string of the molecule is CCCCCCNC(=NCc1ccc(OC)nc1)NCC. The third kappa shape index (κ3) is 7.54. The second-order valence-corrected chi connectivity index (χ2v) is 4.89. The van der Waals surface area contributed by atoms with Gasteiger partial charge in [0, 0.05) is 25.4 Å². The summed E-state index contributed by atoms with van der Waals surface area (Å²) in [7, 11) is 1.62. The van der Waals surface area contributed by atoms with Crippen LogP contribution in [-0.4, -0.2) is 31.1 Å². The number of pyridine rings is 1. The Kier molecular flexibility index (Phi) is 9.00. The first-order valence-corrected chi connectivity index (χ1v) is 7.81. The number of methoxy groups -OCH3 is 1. The number of aromatic nitrogens is 1. The molecule has 5 nitrogen and oxygen atoms in total. The van der Waals surface area contributed by atoms with Gasteiger partial charge in [0.25, 0.3) is 0 Å². The molecule has 0 aromatic carbocycles. The van der Waals surface area contributed by atoms with Crippen molar-refractivity contribution in [2.75, 3.05) is 20.2 Å². The lowest BCUT2D eigenvalue weighted by Crippen LogP contribution is -2.37. The van der Waals surface area contributed by atoms with E-state index in [1.807, 2.05) is 12.1 Å². The van der Waals surface area contributed by atoms with Crippen LogP contribution in [-0.2, 0) is 6.54 Å². The number of nitrogens with one attached hydrogen (secondary N) is 2. The normalized spacial score (nSPS) is 11.3. The fraction of sp³-hybridized carbons (Fsp3) is 0.625. The van der Waals surface area contributed by atoms with E-state index in [9.17, 15) is 0 Å². The first-order chi connectivity index (χ1) is 10.3. The van der Waals surface area contributed by atoms with Gasteiger partial charge >= 0.3 is 0 Å². The molecule has 0 aliphatic carbocycles. The largest absolute Gasteiger partial charge is 0.481 e. The van der Waals surface area contributed by atoms with E-state index in [0.717, 1.165) is 24.6 Å². The van der Waals surface area contributed by atoms with Crippen molar-refractivity contribution in [1.29, 1.82) is 0 Å². The molecule has 0 saturated carbocycles. The quantitative estimate of drug-likeness (QED) is 0.417. The molecule has 0 radical (unpaired) electrons. The Morgan fingerprint density at radius 2 is 2.05 bits per heavy atom. The first-order valence-electron chi connectivity index (χ1n) is 7.81. The number of hydrogen-bond donors (Lipinski definition) is 2. The Bertz CT molecular complexity index is 403. The average Bonchev–Trinajstić information content (AvgIpc) is 2.52. The van der Waals surface area contributed by atoms with Gasteiger partial charge in [0.2, 0.25) is 5.88 Å². The second kappa shape index (κ2) is 10.9. The van der Waals surface area contributed by atoms with E-state index in [1.54, 1.807) is 13.3 Å². The molecular weight excluding hydrogens is 264 g/mol. The van der Waals surface area contributed by atoms with Crippen LogP contribution in [0.2, 0.25) is 0 Å². The molecule has 1 aromatic heterocycles. The highest BCUT2D eigenvalue weighted by Gasteiger charge is 1.98. The number of unbranched alkanes of at least 4 members (excludes halogenated alkanes) is 3. The second-order valence-electron chi connectivity index (χ2n) is 4.89. The van der Waals surface area contributed by atoms with Crippen molar-refractivity contribution in [3.05, 3.63) is 23.9 Å². The first kappa shape index (κ1) is 17.3. The molecule has 0 aliphatic heterocycles. The molecule has 0 bridgehead atoms. The Morgan fingerprint density at radius 3 is 2.67 bits per heavy atom. The minimum atomic E-state index is 0.612. The fourth-order valence-corrected chi connectivity index (χ4v) is 1.90. The van der Waals surface area contributed by atoms with Crippen LogP contribution in [0.4, 0.5) is 0 Å². The molecule has 1 rings (SSSR count). The maximum absolute atomic E-state index is 5.05. The summed E-state index contributed by atoms with van der Waals surface area (Å²) in [6, 6.07) is 3.84. The zero-order valence-electron chi connectivity index (χ0n) is 13.5. The fourth-order valence-electron chi connectivity index (χ4n) is 1.90. The average molecular weight is 292 g/mol. The van der Waals surface area contributed by atoms with E-state index in [0.29, 0.717) is 12.4 Å². The third-order valence-corrected chi connectivity index (χ3v) is 3.09. The van der Waals surface area contributed by atoms with Crippen LogP contribution in [0.5, 0.6) is 5.88 Å². The van der Waals surface area contributed by atoms with Gasteiger partial charge in [0.1, 0.15) is 0 Å². The van der Waals surface area contributed by atoms with Crippen LogP contribution in [0.1, 0.15) is 45.1 Å². The molecule has 21 heavy (non-hydrogen) atoms. The van der Waals surface area contributed by atoms with Crippen LogP contribution >= 0.6 is 0 Å². The van der Waals surface area contributed by atoms with Crippen LogP contribution in [0, 0.1) is 0 Å². The van der Waals surface area contributed by atoms with Gasteiger partial charge in [-0.2, -0.15) is 0 Å². The summed E-state index contributed by atoms with van der Waals surface area (Å²) in [6.45, 7) is 6.74. The molecule has 0 fully saturated rings. The maximum atomic E-state index is 5.05. The zero-order valence-corrected chi connectivity index (χ0v) is 13.5. The van der Waals surface area contributed by atoms with E-state index in [4.69, 9.17) is 4.74 Å². The van der Waals surface area contributed by atoms with Gasteiger partial charge in [-0.05, 0) is 18.9 Å². The van der Waals surface area contributed by atoms with E-state index < -0.39 is 0 Å². The highest BCUT2D eigenvalue weighted by molar-refractivity contribution is 5.79. The van der Waals surface area contributed by atoms with Crippen LogP contribution in [0.3, 0.4) is 0 Å². The van der Waals surface area contributed by atoms with Crippen LogP contribution in [0.15, 0.2) is 23.3 Å². The van der Waals surface area contributed by atoms with E-state index in [-0.39, 0.29) is 0 Å². The van der Waals surface area contributed by atoms with Crippen molar-refractivity contribution in [2.24, 2.45) is 4.99 Å². The summed E-state index contributed by atoms with van der Waals surface area (Å²) < 4.78 is 5.05. The summed E-state index contributed by atoms with van der Waals surface area (Å²) in [5.74, 6) is 1.49. The lowest BCUT2D eigenvalue weighted by molar-refractivity contribution is 0.397. The van der Waals surface area contributed by atoms with Gasteiger partial charge in [-0.25, -0.2) is 9.98 Å². The Morgan fingerprint density at radius 1 is 1.19 bits per heavy atom. The number of rotatable bonds is 9. The van der Waals surface area contributed by atoms with Gasteiger partial charge in [-0.1, -0.05) is 32.3 Å². The summed E-state index contributed by atoms with van der Waals surface area (Å²) in [5, 5.41) is 6.63. The predicted octanol–water partition coefficient (Wildman–Crippen LogP) is 2.73. The summed E-state index contributed by atoms with van der Waals surface area (Å²) in [6.07, 6.45) is 6.81. The lowest BCUT2D eigenvalue weighted by Gasteiger charge is -2.11. The number of nitrogens with zero attached hydrogens (tertiary/aromatic N) is 2. The Balaban J connectivity index is 2.42. The topological polar surface area (TPSA) is 58.5 Å².